The predicted octanol–water partition coefficient (Wildman–Crippen LogP) is 5.42. The minimum Gasteiger partial charge on any atom is -0.490 e. The fraction of sp³-hybridized carbons (Fsp3) is 0.0769. The third-order valence-electron chi connectivity index (χ3n) is 4.95. The number of nitrogens with one attached hydrogen (secondary N) is 1. The van der Waals surface area contributed by atoms with E-state index >= 15 is 0 Å². The van der Waals surface area contributed by atoms with Gasteiger partial charge in [-0.3, -0.25) is 4.79 Å². The molecule has 0 aliphatic carbocycles. The smallest absolute Gasteiger partial charge is 0.339 e. The van der Waals surface area contributed by atoms with Gasteiger partial charge >= 0.3 is 10.1 Å². The van der Waals surface area contributed by atoms with E-state index in [0.29, 0.717) is 11.1 Å². The molecule has 0 unspecified atom stereocenters. The topological polar surface area (TPSA) is 94.1 Å². The van der Waals surface area contributed by atoms with Crippen molar-refractivity contribution in [2.45, 2.75) is 11.8 Å². The number of carbonyl (C=O) groups excluding carboxylic acids is 1. The Balaban J connectivity index is 1.53. The number of fused-ring (bicyclic) bond motifs is 1. The summed E-state index contributed by atoms with van der Waals surface area (Å²) in [5.41, 5.74) is 3.41. The Hall–Kier alpha value is -3.88. The number of halogens is 1. The van der Waals surface area contributed by atoms with E-state index in [1.807, 2.05) is 30.3 Å². The first-order valence-corrected chi connectivity index (χ1v) is 12.4. The Morgan fingerprint density at radius 1 is 0.971 bits per heavy atom. The Morgan fingerprint density at radius 2 is 1.69 bits per heavy atom. The predicted molar refractivity (Wildman–Crippen MR) is 136 cm³/mol. The van der Waals surface area contributed by atoms with Crippen LogP contribution < -0.4 is 14.3 Å². The zero-order valence-electron chi connectivity index (χ0n) is 18.6. The van der Waals surface area contributed by atoms with Crippen molar-refractivity contribution in [2.24, 2.45) is 5.10 Å². The molecule has 0 spiro atoms. The number of hydrogen-bond donors (Lipinski definition) is 1. The lowest BCUT2D eigenvalue weighted by Crippen LogP contribution is -2.17. The van der Waals surface area contributed by atoms with E-state index in [2.05, 4.69) is 10.5 Å². The van der Waals surface area contributed by atoms with E-state index in [1.165, 1.54) is 30.5 Å². The van der Waals surface area contributed by atoms with Crippen LogP contribution in [0.1, 0.15) is 22.8 Å². The maximum absolute atomic E-state index is 12.6. The lowest BCUT2D eigenvalue weighted by molar-refractivity contribution is 0.0955. The van der Waals surface area contributed by atoms with Gasteiger partial charge in [-0.15, -0.1) is 0 Å². The number of benzene rings is 4. The summed E-state index contributed by atoms with van der Waals surface area (Å²) in [7, 11) is -4.12. The molecule has 0 aromatic heterocycles. The van der Waals surface area contributed by atoms with Crippen LogP contribution in [0.2, 0.25) is 5.02 Å². The van der Waals surface area contributed by atoms with Gasteiger partial charge in [0.15, 0.2) is 5.75 Å². The summed E-state index contributed by atoms with van der Waals surface area (Å²) in [5.74, 6) is -0.381. The summed E-state index contributed by atoms with van der Waals surface area (Å²) in [5, 5.41) is 5.98. The Morgan fingerprint density at radius 3 is 2.43 bits per heavy atom. The van der Waals surface area contributed by atoms with E-state index in [1.54, 1.807) is 37.3 Å². The van der Waals surface area contributed by atoms with Crippen LogP contribution in [-0.2, 0) is 10.1 Å². The molecular formula is C26H21ClN2O5S. The van der Waals surface area contributed by atoms with Crippen molar-refractivity contribution in [1.29, 1.82) is 0 Å². The third kappa shape index (κ3) is 5.79. The molecule has 0 saturated carbocycles. The second-order valence-electron chi connectivity index (χ2n) is 7.37. The van der Waals surface area contributed by atoms with Crippen LogP contribution in [0.4, 0.5) is 0 Å². The van der Waals surface area contributed by atoms with Crippen LogP contribution in [-0.4, -0.2) is 27.1 Å². The van der Waals surface area contributed by atoms with E-state index in [4.69, 9.17) is 20.5 Å². The van der Waals surface area contributed by atoms with Crippen molar-refractivity contribution in [3.8, 4) is 11.5 Å². The molecule has 1 amide bonds. The largest absolute Gasteiger partial charge is 0.490 e. The number of nitrogens with zero attached hydrogens (tertiary/aromatic N) is 1. The first kappa shape index (κ1) is 24.3. The van der Waals surface area contributed by atoms with Crippen LogP contribution in [0, 0.1) is 0 Å². The summed E-state index contributed by atoms with van der Waals surface area (Å²) >= 11 is 6.34. The lowest BCUT2D eigenvalue weighted by atomic mass is 10.1. The number of rotatable bonds is 8. The quantitative estimate of drug-likeness (QED) is 0.195. The molecule has 7 nitrogen and oxygen atoms in total. The van der Waals surface area contributed by atoms with Crippen molar-refractivity contribution in [3.05, 3.63) is 101 Å². The summed E-state index contributed by atoms with van der Waals surface area (Å²) in [6.07, 6.45) is 1.38. The number of ether oxygens (including phenoxy) is 1. The van der Waals surface area contributed by atoms with Gasteiger partial charge in [0, 0.05) is 5.56 Å². The summed E-state index contributed by atoms with van der Waals surface area (Å²) in [4.78, 5) is 12.5. The van der Waals surface area contributed by atoms with Crippen molar-refractivity contribution >= 4 is 44.6 Å². The van der Waals surface area contributed by atoms with Crippen LogP contribution in [0.5, 0.6) is 11.5 Å². The zero-order valence-corrected chi connectivity index (χ0v) is 20.2. The number of hydrazone groups is 1. The number of amides is 1. The SMILES string of the molecule is CCOc1cc(/C=N\NC(=O)c2ccc3ccccc3c2)cc(Cl)c1OS(=O)(=O)c1ccccc1. The third-order valence-corrected chi connectivity index (χ3v) is 6.46. The summed E-state index contributed by atoms with van der Waals surface area (Å²) < 4.78 is 36.1. The first-order chi connectivity index (χ1) is 16.9. The minimum absolute atomic E-state index is 0.0118. The first-order valence-electron chi connectivity index (χ1n) is 10.7. The lowest BCUT2D eigenvalue weighted by Gasteiger charge is -2.14. The molecule has 0 heterocycles. The van der Waals surface area contributed by atoms with Crippen LogP contribution >= 0.6 is 11.6 Å². The molecule has 35 heavy (non-hydrogen) atoms. The highest BCUT2D eigenvalue weighted by Crippen LogP contribution is 2.38. The fourth-order valence-corrected chi connectivity index (χ4v) is 4.59. The van der Waals surface area contributed by atoms with E-state index in [-0.39, 0.29) is 33.9 Å². The molecular weight excluding hydrogens is 488 g/mol. The van der Waals surface area contributed by atoms with Crippen molar-refractivity contribution < 1.29 is 22.1 Å². The molecule has 9 heteroatoms. The average Bonchev–Trinajstić information content (AvgIpc) is 2.86. The minimum atomic E-state index is -4.12. The van der Waals surface area contributed by atoms with Gasteiger partial charge in [0.25, 0.3) is 5.91 Å². The molecule has 0 fully saturated rings. The van der Waals surface area contributed by atoms with Gasteiger partial charge in [0.2, 0.25) is 5.75 Å². The van der Waals surface area contributed by atoms with Gasteiger partial charge in [0.1, 0.15) is 4.90 Å². The van der Waals surface area contributed by atoms with E-state index < -0.39 is 10.1 Å². The average molecular weight is 509 g/mol. The highest BCUT2D eigenvalue weighted by Gasteiger charge is 2.22. The fourth-order valence-electron chi connectivity index (χ4n) is 3.31. The standard InChI is InChI=1S/C26H21ClN2O5S/c1-2-33-24-15-18(14-23(27)25(24)34-35(31,32)22-10-4-3-5-11-22)17-28-29-26(30)21-13-12-19-8-6-7-9-20(19)16-21/h3-17H,2H2,1H3,(H,29,30)/b28-17-. The Labute approximate surface area is 208 Å². The van der Waals surface area contributed by atoms with Gasteiger partial charge in [-0.05, 0) is 59.7 Å². The normalized spacial score (nSPS) is 11.5. The molecule has 0 radical (unpaired) electrons. The van der Waals surface area contributed by atoms with Gasteiger partial charge in [-0.2, -0.15) is 13.5 Å². The maximum Gasteiger partial charge on any atom is 0.339 e. The van der Waals surface area contributed by atoms with Gasteiger partial charge < -0.3 is 8.92 Å². The summed E-state index contributed by atoms with van der Waals surface area (Å²) in [6, 6.07) is 23.8. The van der Waals surface area contributed by atoms with Gasteiger partial charge in [0.05, 0.1) is 17.8 Å². The Kier molecular flexibility index (Phi) is 7.33. The Bertz CT molecular complexity index is 1510. The monoisotopic (exact) mass is 508 g/mol. The highest BCUT2D eigenvalue weighted by molar-refractivity contribution is 7.87. The van der Waals surface area contributed by atoms with E-state index in [0.717, 1.165) is 10.8 Å². The maximum atomic E-state index is 12.6. The molecule has 4 aromatic carbocycles. The molecule has 1 N–H and O–H groups in total. The van der Waals surface area contributed by atoms with E-state index in [9.17, 15) is 13.2 Å². The number of hydrogen-bond acceptors (Lipinski definition) is 6. The second kappa shape index (κ2) is 10.6. The van der Waals surface area contributed by atoms with Crippen LogP contribution in [0.3, 0.4) is 0 Å². The molecule has 0 aliphatic heterocycles. The second-order valence-corrected chi connectivity index (χ2v) is 9.33. The molecule has 178 valence electrons. The molecule has 0 bridgehead atoms. The van der Waals surface area contributed by atoms with Crippen LogP contribution in [0.15, 0.2) is 94.9 Å². The molecule has 0 atom stereocenters. The molecule has 0 saturated heterocycles. The van der Waals surface area contributed by atoms with Crippen LogP contribution in [0.25, 0.3) is 10.8 Å². The summed E-state index contributed by atoms with van der Waals surface area (Å²) in [6.45, 7) is 1.99. The van der Waals surface area contributed by atoms with Crippen molar-refractivity contribution in [3.63, 3.8) is 0 Å². The van der Waals surface area contributed by atoms with Gasteiger partial charge in [-0.25, -0.2) is 5.43 Å². The molecule has 4 rings (SSSR count). The molecule has 4 aromatic rings. The highest BCUT2D eigenvalue weighted by atomic mass is 35.5. The number of carbonyl (C=O) groups is 1. The van der Waals surface area contributed by atoms with Crippen molar-refractivity contribution in [1.82, 2.24) is 5.43 Å². The van der Waals surface area contributed by atoms with Gasteiger partial charge in [-0.1, -0.05) is 60.1 Å². The molecule has 0 aliphatic rings. The van der Waals surface area contributed by atoms with Crippen molar-refractivity contribution in [2.75, 3.05) is 6.61 Å². The zero-order chi connectivity index (χ0) is 24.8.